The lowest BCUT2D eigenvalue weighted by Gasteiger charge is -2.38. The van der Waals surface area contributed by atoms with Gasteiger partial charge in [0.15, 0.2) is 0 Å². The van der Waals surface area contributed by atoms with Crippen molar-refractivity contribution in [1.29, 1.82) is 0 Å². The maximum atomic E-state index is 2.46. The summed E-state index contributed by atoms with van der Waals surface area (Å²) in [5.41, 5.74) is 0. The van der Waals surface area contributed by atoms with Gasteiger partial charge in [-0.2, -0.15) is 0 Å². The minimum absolute atomic E-state index is 1.12. The Kier molecular flexibility index (Phi) is 5.26. The molecule has 1 saturated heterocycles. The van der Waals surface area contributed by atoms with E-state index in [1.807, 2.05) is 0 Å². The molecule has 96 valence electrons. The number of hydrogen-bond donors (Lipinski definition) is 0. The van der Waals surface area contributed by atoms with Crippen LogP contribution in [0.4, 0.5) is 0 Å². The highest BCUT2D eigenvalue weighted by atomic mass is 15.3. The van der Waals surface area contributed by atoms with Crippen LogP contribution in [-0.2, 0) is 0 Å². The fourth-order valence-corrected chi connectivity index (χ4v) is 2.76. The Bertz CT molecular complexity index is 187. The zero-order valence-corrected chi connectivity index (χ0v) is 12.0. The third-order valence-electron chi connectivity index (χ3n) is 3.92. The van der Waals surface area contributed by atoms with E-state index in [0.29, 0.717) is 0 Å². The summed E-state index contributed by atoms with van der Waals surface area (Å²) in [6.07, 6.45) is 8.61. The number of unbranched alkanes of at least 4 members (excludes halogenated alkanes) is 2. The zero-order valence-electron chi connectivity index (χ0n) is 12.0. The highest BCUT2D eigenvalue weighted by molar-refractivity contribution is 4.52. The van der Waals surface area contributed by atoms with Gasteiger partial charge in [0.2, 0.25) is 0 Å². The lowest BCUT2D eigenvalue weighted by molar-refractivity contribution is -0.914. The smallest absolute Gasteiger partial charge is 0.0784 e. The summed E-state index contributed by atoms with van der Waals surface area (Å²) in [7, 11) is 9.33. The highest BCUT2D eigenvalue weighted by Gasteiger charge is 2.23. The van der Waals surface area contributed by atoms with Gasteiger partial charge in [0.1, 0.15) is 0 Å². The van der Waals surface area contributed by atoms with Gasteiger partial charge < -0.3 is 8.97 Å². The molecule has 0 atom stereocenters. The molecule has 2 nitrogen and oxygen atoms in total. The Labute approximate surface area is 102 Å². The second kappa shape index (κ2) is 6.02. The van der Waals surface area contributed by atoms with Crippen LogP contribution >= 0.6 is 0 Å². The van der Waals surface area contributed by atoms with Crippen LogP contribution in [0.25, 0.3) is 0 Å². The van der Waals surface area contributed by atoms with Crippen molar-refractivity contribution in [3.8, 4) is 0 Å². The van der Waals surface area contributed by atoms with Gasteiger partial charge in [-0.1, -0.05) is 0 Å². The van der Waals surface area contributed by atoms with E-state index in [-0.39, 0.29) is 0 Å². The molecule has 1 aliphatic heterocycles. The summed E-state index contributed by atoms with van der Waals surface area (Å²) in [6.45, 7) is 5.59. The molecule has 0 saturated carbocycles. The van der Waals surface area contributed by atoms with E-state index in [0.717, 1.165) is 4.48 Å². The first kappa shape index (κ1) is 14.0. The van der Waals surface area contributed by atoms with Gasteiger partial charge in [-0.15, -0.1) is 0 Å². The predicted molar refractivity (Wildman–Crippen MR) is 71.4 cm³/mol. The highest BCUT2D eigenvalue weighted by Crippen LogP contribution is 2.17. The summed E-state index contributed by atoms with van der Waals surface area (Å²) in [5.74, 6) is 0. The monoisotopic (exact) mass is 228 g/mol. The first-order valence-electron chi connectivity index (χ1n) is 7.05. The molecule has 0 aliphatic carbocycles. The van der Waals surface area contributed by atoms with Crippen molar-refractivity contribution in [3.63, 3.8) is 0 Å². The molecule has 0 amide bonds. The number of piperidine rings is 1. The molecule has 0 aromatic carbocycles. The number of rotatable bonds is 6. The number of hydrogen-bond acceptors (Lipinski definition) is 0. The van der Waals surface area contributed by atoms with Crippen LogP contribution in [0.5, 0.6) is 0 Å². The Balaban J connectivity index is 2.06. The molecule has 1 rings (SSSR count). The fourth-order valence-electron chi connectivity index (χ4n) is 2.76. The van der Waals surface area contributed by atoms with Gasteiger partial charge in [-0.3, -0.25) is 0 Å². The molecular formula is C14H32N2+2. The van der Waals surface area contributed by atoms with E-state index in [4.69, 9.17) is 0 Å². The van der Waals surface area contributed by atoms with Gasteiger partial charge in [0, 0.05) is 0 Å². The first-order chi connectivity index (χ1) is 7.41. The van der Waals surface area contributed by atoms with Crippen molar-refractivity contribution in [2.24, 2.45) is 0 Å². The van der Waals surface area contributed by atoms with Crippen LogP contribution in [0.2, 0.25) is 0 Å². The van der Waals surface area contributed by atoms with Crippen molar-refractivity contribution < 1.29 is 8.97 Å². The van der Waals surface area contributed by atoms with Gasteiger partial charge >= 0.3 is 0 Å². The summed E-state index contributed by atoms with van der Waals surface area (Å²) < 4.78 is 2.47. The Hall–Kier alpha value is -0.0800. The van der Waals surface area contributed by atoms with Gasteiger partial charge in [0.25, 0.3) is 0 Å². The lowest BCUT2D eigenvalue weighted by atomic mass is 10.1. The van der Waals surface area contributed by atoms with Crippen LogP contribution in [0.3, 0.4) is 0 Å². The maximum absolute atomic E-state index is 2.46. The third kappa shape index (κ3) is 5.86. The minimum Gasteiger partial charge on any atom is -0.331 e. The molecule has 1 heterocycles. The molecule has 1 fully saturated rings. The van der Waals surface area contributed by atoms with Crippen LogP contribution in [0.1, 0.15) is 38.5 Å². The molecule has 0 aromatic heterocycles. The average molecular weight is 228 g/mol. The van der Waals surface area contributed by atoms with Crippen molar-refractivity contribution in [1.82, 2.24) is 0 Å². The zero-order chi connectivity index (χ0) is 12.1. The SMILES string of the molecule is C[N+](C)(C)CCCCC[N+]1(C)CCCCC1. The minimum atomic E-state index is 1.12. The Morgan fingerprint density at radius 2 is 1.50 bits per heavy atom. The Morgan fingerprint density at radius 1 is 0.875 bits per heavy atom. The van der Waals surface area contributed by atoms with E-state index in [1.165, 1.54) is 69.2 Å². The summed E-state index contributed by atoms with van der Waals surface area (Å²) >= 11 is 0. The molecule has 0 radical (unpaired) electrons. The number of nitrogens with zero attached hydrogens (tertiary/aromatic N) is 2. The largest absolute Gasteiger partial charge is 0.331 e. The fraction of sp³-hybridized carbons (Fsp3) is 1.00. The van der Waals surface area contributed by atoms with Gasteiger partial charge in [-0.25, -0.2) is 0 Å². The van der Waals surface area contributed by atoms with Gasteiger partial charge in [-0.05, 0) is 38.5 Å². The molecule has 0 N–H and O–H groups in total. The normalized spacial score (nSPS) is 21.0. The van der Waals surface area contributed by atoms with E-state index in [2.05, 4.69) is 28.2 Å². The van der Waals surface area contributed by atoms with Crippen molar-refractivity contribution in [2.45, 2.75) is 38.5 Å². The standard InChI is InChI=1S/C14H32N2/c1-15(2,3)11-7-5-8-12-16(4)13-9-6-10-14-16/h5-14H2,1-4H3/q+2. The topological polar surface area (TPSA) is 0 Å². The quantitative estimate of drug-likeness (QED) is 0.484. The van der Waals surface area contributed by atoms with Crippen molar-refractivity contribution in [2.75, 3.05) is 54.4 Å². The van der Waals surface area contributed by atoms with E-state index < -0.39 is 0 Å². The van der Waals surface area contributed by atoms with Crippen molar-refractivity contribution in [3.05, 3.63) is 0 Å². The summed E-state index contributed by atoms with van der Waals surface area (Å²) in [6, 6.07) is 0. The van der Waals surface area contributed by atoms with Crippen molar-refractivity contribution >= 4 is 0 Å². The Morgan fingerprint density at radius 3 is 2.06 bits per heavy atom. The van der Waals surface area contributed by atoms with Crippen LogP contribution in [0.15, 0.2) is 0 Å². The molecule has 2 heteroatoms. The molecule has 1 aliphatic rings. The van der Waals surface area contributed by atoms with Crippen LogP contribution < -0.4 is 0 Å². The average Bonchev–Trinajstić information content (AvgIpc) is 2.16. The second-order valence-electron chi connectivity index (χ2n) is 6.93. The molecule has 0 spiro atoms. The summed E-state index contributed by atoms with van der Waals surface area (Å²) in [5, 5.41) is 0. The summed E-state index contributed by atoms with van der Waals surface area (Å²) in [4.78, 5) is 0. The van der Waals surface area contributed by atoms with E-state index >= 15 is 0 Å². The van der Waals surface area contributed by atoms with Crippen LogP contribution in [-0.4, -0.2) is 63.3 Å². The second-order valence-corrected chi connectivity index (χ2v) is 6.93. The van der Waals surface area contributed by atoms with Gasteiger partial charge in [0.05, 0.1) is 54.4 Å². The molecule has 0 aromatic rings. The number of likely N-dealkylation sites (tertiary alicyclic amines) is 1. The molecule has 16 heavy (non-hydrogen) atoms. The number of quaternary nitrogens is 2. The molecular weight excluding hydrogens is 196 g/mol. The van der Waals surface area contributed by atoms with E-state index in [1.54, 1.807) is 0 Å². The molecule has 0 unspecified atom stereocenters. The molecule has 0 bridgehead atoms. The van der Waals surface area contributed by atoms with E-state index in [9.17, 15) is 0 Å². The lowest BCUT2D eigenvalue weighted by Crippen LogP contribution is -2.48. The van der Waals surface area contributed by atoms with Crippen LogP contribution in [0, 0.1) is 0 Å². The third-order valence-corrected chi connectivity index (χ3v) is 3.92. The predicted octanol–water partition coefficient (Wildman–Crippen LogP) is 2.49. The first-order valence-corrected chi connectivity index (χ1v) is 7.05. The maximum Gasteiger partial charge on any atom is 0.0784 e.